The molecule has 0 aliphatic rings. The van der Waals surface area contributed by atoms with Gasteiger partial charge in [-0.2, -0.15) is 0 Å². The molecule has 1 amide bonds. The molecule has 3 aromatic carbocycles. The van der Waals surface area contributed by atoms with E-state index < -0.39 is 0 Å². The average molecular weight is 530 g/mol. The average Bonchev–Trinajstić information content (AvgIpc) is 3.27. The first-order valence-corrected chi connectivity index (χ1v) is 13.6. The second-order valence-corrected chi connectivity index (χ2v) is 9.87. The van der Waals surface area contributed by atoms with Gasteiger partial charge in [0.15, 0.2) is 11.5 Å². The molecule has 0 spiro atoms. The molecule has 0 radical (unpaired) electrons. The highest BCUT2D eigenvalue weighted by Gasteiger charge is 2.12. The monoisotopic (exact) mass is 529 g/mol. The van der Waals surface area contributed by atoms with Crippen molar-refractivity contribution < 1.29 is 19.0 Å². The standard InChI is InChI=1S/C32H39N3O4/c1-23-18-24(2)20-26(19-23)39-17-8-7-16-35-28-11-6-5-10-27(28)34-31(35)12-9-15-33-32(36)22-25-13-14-29(37-3)30(21-25)38-4/h5-6,10-11,13-14,18-21H,7-9,12,15-17,22H2,1-4H3,(H,33,36). The van der Waals surface area contributed by atoms with Gasteiger partial charge in [0.05, 0.1) is 38.3 Å². The van der Waals surface area contributed by atoms with Crippen LogP contribution in [0.2, 0.25) is 0 Å². The zero-order valence-electron chi connectivity index (χ0n) is 23.5. The number of unbranched alkanes of at least 4 members (excludes halogenated alkanes) is 1. The lowest BCUT2D eigenvalue weighted by Crippen LogP contribution is -2.26. The number of para-hydroxylation sites is 2. The number of rotatable bonds is 14. The second-order valence-electron chi connectivity index (χ2n) is 9.87. The topological polar surface area (TPSA) is 74.6 Å². The Labute approximate surface area is 231 Å². The summed E-state index contributed by atoms with van der Waals surface area (Å²) in [5.41, 5.74) is 5.48. The molecule has 39 heavy (non-hydrogen) atoms. The Bertz CT molecular complexity index is 1380. The molecule has 0 bridgehead atoms. The number of hydrogen-bond donors (Lipinski definition) is 1. The minimum Gasteiger partial charge on any atom is -0.494 e. The maximum atomic E-state index is 12.5. The van der Waals surface area contributed by atoms with Crippen molar-refractivity contribution >= 4 is 16.9 Å². The molecule has 0 unspecified atom stereocenters. The van der Waals surface area contributed by atoms with Crippen molar-refractivity contribution in [2.75, 3.05) is 27.4 Å². The smallest absolute Gasteiger partial charge is 0.224 e. The number of benzene rings is 3. The van der Waals surface area contributed by atoms with E-state index in [0.29, 0.717) is 31.1 Å². The van der Waals surface area contributed by atoms with Crippen LogP contribution in [-0.2, 0) is 24.2 Å². The Kier molecular flexibility index (Phi) is 9.84. The first-order valence-electron chi connectivity index (χ1n) is 13.6. The van der Waals surface area contributed by atoms with E-state index in [9.17, 15) is 4.79 Å². The Morgan fingerprint density at radius 3 is 2.44 bits per heavy atom. The number of hydrogen-bond acceptors (Lipinski definition) is 5. The molecule has 0 fully saturated rings. The highest BCUT2D eigenvalue weighted by Crippen LogP contribution is 2.27. The molecular weight excluding hydrogens is 490 g/mol. The third-order valence-electron chi connectivity index (χ3n) is 6.69. The molecule has 0 atom stereocenters. The van der Waals surface area contributed by atoms with E-state index >= 15 is 0 Å². The van der Waals surface area contributed by atoms with Gasteiger partial charge < -0.3 is 24.1 Å². The predicted molar refractivity (Wildman–Crippen MR) is 155 cm³/mol. The molecular formula is C32H39N3O4. The summed E-state index contributed by atoms with van der Waals surface area (Å²) in [5, 5.41) is 3.04. The van der Waals surface area contributed by atoms with Gasteiger partial charge in [0.25, 0.3) is 0 Å². The number of aromatic nitrogens is 2. The van der Waals surface area contributed by atoms with E-state index in [4.69, 9.17) is 19.2 Å². The third kappa shape index (κ3) is 7.76. The number of nitrogens with zero attached hydrogens (tertiary/aromatic N) is 2. The maximum Gasteiger partial charge on any atom is 0.224 e. The van der Waals surface area contributed by atoms with Crippen LogP contribution in [0.25, 0.3) is 11.0 Å². The highest BCUT2D eigenvalue weighted by molar-refractivity contribution is 5.79. The summed E-state index contributed by atoms with van der Waals surface area (Å²) in [6, 6.07) is 20.1. The molecule has 1 heterocycles. The fourth-order valence-corrected chi connectivity index (χ4v) is 4.86. The number of carbonyl (C=O) groups is 1. The first-order chi connectivity index (χ1) is 19.0. The molecule has 4 aromatic rings. The largest absolute Gasteiger partial charge is 0.494 e. The number of ether oxygens (including phenoxy) is 3. The molecule has 206 valence electrons. The SMILES string of the molecule is COc1ccc(CC(=O)NCCCc2nc3ccccc3n2CCCCOc2cc(C)cc(C)c2)cc1OC. The van der Waals surface area contributed by atoms with E-state index in [1.165, 1.54) is 11.1 Å². The van der Waals surface area contributed by atoms with Gasteiger partial charge in [-0.25, -0.2) is 4.98 Å². The summed E-state index contributed by atoms with van der Waals surface area (Å²) in [7, 11) is 3.19. The van der Waals surface area contributed by atoms with Gasteiger partial charge in [0.2, 0.25) is 5.91 Å². The van der Waals surface area contributed by atoms with Crippen molar-refractivity contribution in [3.05, 3.63) is 83.2 Å². The van der Waals surface area contributed by atoms with Crippen molar-refractivity contribution in [2.24, 2.45) is 0 Å². The summed E-state index contributed by atoms with van der Waals surface area (Å²) in [5.74, 6) is 3.26. The molecule has 1 aromatic heterocycles. The molecule has 4 rings (SSSR count). The first kappa shape index (κ1) is 28.0. The van der Waals surface area contributed by atoms with Gasteiger partial charge in [-0.15, -0.1) is 0 Å². The molecule has 7 heteroatoms. The zero-order chi connectivity index (χ0) is 27.6. The zero-order valence-corrected chi connectivity index (χ0v) is 23.5. The molecule has 0 aliphatic heterocycles. The van der Waals surface area contributed by atoms with Crippen molar-refractivity contribution in [2.45, 2.75) is 52.5 Å². The number of imidazole rings is 1. The van der Waals surface area contributed by atoms with Crippen molar-refractivity contribution in [3.63, 3.8) is 0 Å². The minimum absolute atomic E-state index is 0.0143. The maximum absolute atomic E-state index is 12.5. The van der Waals surface area contributed by atoms with Crippen LogP contribution in [0.4, 0.5) is 0 Å². The van der Waals surface area contributed by atoms with Crippen LogP contribution in [0.15, 0.2) is 60.7 Å². The number of nitrogens with one attached hydrogen (secondary N) is 1. The molecule has 7 nitrogen and oxygen atoms in total. The van der Waals surface area contributed by atoms with Gasteiger partial charge in [-0.05, 0) is 86.2 Å². The lowest BCUT2D eigenvalue weighted by molar-refractivity contribution is -0.120. The van der Waals surface area contributed by atoms with Crippen LogP contribution in [-0.4, -0.2) is 42.8 Å². The fraction of sp³-hybridized carbons (Fsp3) is 0.375. The third-order valence-corrected chi connectivity index (χ3v) is 6.69. The van der Waals surface area contributed by atoms with Crippen LogP contribution in [0.5, 0.6) is 17.2 Å². The Balaban J connectivity index is 1.26. The van der Waals surface area contributed by atoms with Gasteiger partial charge in [-0.3, -0.25) is 4.79 Å². The molecule has 1 N–H and O–H groups in total. The lowest BCUT2D eigenvalue weighted by atomic mass is 10.1. The number of fused-ring (bicyclic) bond motifs is 1. The Hall–Kier alpha value is -4.00. The fourth-order valence-electron chi connectivity index (χ4n) is 4.86. The summed E-state index contributed by atoms with van der Waals surface area (Å²) in [6.07, 6.45) is 3.87. The van der Waals surface area contributed by atoms with E-state index in [0.717, 1.165) is 60.4 Å². The molecule has 0 saturated heterocycles. The molecule has 0 saturated carbocycles. The van der Waals surface area contributed by atoms with Crippen molar-refractivity contribution in [1.29, 1.82) is 0 Å². The summed E-state index contributed by atoms with van der Waals surface area (Å²) in [4.78, 5) is 17.4. The van der Waals surface area contributed by atoms with Crippen LogP contribution in [0.3, 0.4) is 0 Å². The van der Waals surface area contributed by atoms with E-state index in [1.54, 1.807) is 14.2 Å². The minimum atomic E-state index is -0.0143. The summed E-state index contributed by atoms with van der Waals surface area (Å²) >= 11 is 0. The number of amides is 1. The van der Waals surface area contributed by atoms with Crippen molar-refractivity contribution in [3.8, 4) is 17.2 Å². The van der Waals surface area contributed by atoms with Gasteiger partial charge >= 0.3 is 0 Å². The lowest BCUT2D eigenvalue weighted by Gasteiger charge is -2.11. The predicted octanol–water partition coefficient (Wildman–Crippen LogP) is 5.82. The van der Waals surface area contributed by atoms with Crippen molar-refractivity contribution in [1.82, 2.24) is 14.9 Å². The molecule has 0 aliphatic carbocycles. The second kappa shape index (κ2) is 13.7. The van der Waals surface area contributed by atoms with Crippen LogP contribution in [0.1, 0.15) is 41.8 Å². The van der Waals surface area contributed by atoms with E-state index in [-0.39, 0.29) is 5.91 Å². The summed E-state index contributed by atoms with van der Waals surface area (Å²) in [6.45, 7) is 6.36. The number of carbonyl (C=O) groups excluding carboxylic acids is 1. The Morgan fingerprint density at radius 1 is 0.897 bits per heavy atom. The van der Waals surface area contributed by atoms with E-state index in [2.05, 4.69) is 60.1 Å². The quantitative estimate of drug-likeness (QED) is 0.208. The van der Waals surface area contributed by atoms with Crippen LogP contribution >= 0.6 is 0 Å². The van der Waals surface area contributed by atoms with Crippen LogP contribution in [0, 0.1) is 13.8 Å². The number of aryl methyl sites for hydroxylation is 4. The summed E-state index contributed by atoms with van der Waals surface area (Å²) < 4.78 is 18.9. The van der Waals surface area contributed by atoms with Gasteiger partial charge in [0.1, 0.15) is 11.6 Å². The van der Waals surface area contributed by atoms with Crippen LogP contribution < -0.4 is 19.5 Å². The van der Waals surface area contributed by atoms with Gasteiger partial charge in [0, 0.05) is 19.5 Å². The normalized spacial score (nSPS) is 11.0. The van der Waals surface area contributed by atoms with E-state index in [1.807, 2.05) is 24.3 Å². The Morgan fingerprint density at radius 2 is 1.67 bits per heavy atom. The van der Waals surface area contributed by atoms with Gasteiger partial charge in [-0.1, -0.05) is 24.3 Å². The highest BCUT2D eigenvalue weighted by atomic mass is 16.5. The number of methoxy groups -OCH3 is 2.